The molecule has 1 aliphatic heterocycles. The summed E-state index contributed by atoms with van der Waals surface area (Å²) in [6.07, 6.45) is -1.75. The molecule has 1 heterocycles. The van der Waals surface area contributed by atoms with Gasteiger partial charge in [-0.25, -0.2) is 4.79 Å². The first-order valence-corrected chi connectivity index (χ1v) is 15.6. The third-order valence-electron chi connectivity index (χ3n) is 6.07. The van der Waals surface area contributed by atoms with Crippen LogP contribution in [0.5, 0.6) is 0 Å². The molecule has 9 heteroatoms. The molecular weight excluding hydrogens is 490 g/mol. The summed E-state index contributed by atoms with van der Waals surface area (Å²) in [7, 11) is -2.21. The van der Waals surface area contributed by atoms with Crippen LogP contribution in [0.25, 0.3) is 0 Å². The lowest BCUT2D eigenvalue weighted by Gasteiger charge is -2.38. The van der Waals surface area contributed by atoms with Gasteiger partial charge >= 0.3 is 6.16 Å². The number of hydrogen-bond acceptors (Lipinski definition) is 7. The van der Waals surface area contributed by atoms with Crippen molar-refractivity contribution in [1.82, 2.24) is 5.32 Å². The van der Waals surface area contributed by atoms with Crippen LogP contribution in [0.3, 0.4) is 0 Å². The van der Waals surface area contributed by atoms with E-state index in [0.29, 0.717) is 0 Å². The molecule has 1 amide bonds. The summed E-state index contributed by atoms with van der Waals surface area (Å²) in [5.74, 6) is -0.0946. The minimum atomic E-state index is -2.21. The number of hydrogen-bond donors (Lipinski definition) is 1. The van der Waals surface area contributed by atoms with E-state index < -0.39 is 43.7 Å². The maximum atomic E-state index is 13.1. The van der Waals surface area contributed by atoms with E-state index in [-0.39, 0.29) is 29.8 Å². The van der Waals surface area contributed by atoms with Crippen molar-refractivity contribution in [3.05, 3.63) is 47.4 Å². The molecule has 0 saturated heterocycles. The zero-order valence-corrected chi connectivity index (χ0v) is 25.3. The highest BCUT2D eigenvalue weighted by Crippen LogP contribution is 2.37. The van der Waals surface area contributed by atoms with E-state index >= 15 is 0 Å². The van der Waals surface area contributed by atoms with Gasteiger partial charge in [-0.3, -0.25) is 4.79 Å². The summed E-state index contributed by atoms with van der Waals surface area (Å²) in [6, 6.07) is 8.79. The predicted molar refractivity (Wildman–Crippen MR) is 145 cm³/mol. The fraction of sp³-hybridized carbons (Fsp3) is 0.643. The summed E-state index contributed by atoms with van der Waals surface area (Å²) in [6.45, 7) is 21.7. The van der Waals surface area contributed by atoms with Gasteiger partial charge in [-0.15, -0.1) is 0 Å². The van der Waals surface area contributed by atoms with Gasteiger partial charge in [-0.05, 0) is 65.2 Å². The van der Waals surface area contributed by atoms with Crippen molar-refractivity contribution in [2.75, 3.05) is 6.61 Å². The van der Waals surface area contributed by atoms with Crippen LogP contribution in [0.1, 0.15) is 67.9 Å². The number of carbonyl (C=O) groups excluding carboxylic acids is 2. The van der Waals surface area contributed by atoms with Crippen LogP contribution in [-0.2, 0) is 34.8 Å². The molecule has 0 saturated carbocycles. The van der Waals surface area contributed by atoms with E-state index in [9.17, 15) is 9.59 Å². The minimum absolute atomic E-state index is 0.0572. The van der Waals surface area contributed by atoms with E-state index in [0.717, 1.165) is 5.56 Å². The number of ether oxygens (including phenoxy) is 4. The van der Waals surface area contributed by atoms with Gasteiger partial charge in [0, 0.05) is 0 Å². The number of nitrogens with one attached hydrogen (secondary N) is 1. The van der Waals surface area contributed by atoms with Crippen LogP contribution in [0, 0.1) is 0 Å². The first-order chi connectivity index (χ1) is 16.8. The highest BCUT2D eigenvalue weighted by atomic mass is 28.4. The van der Waals surface area contributed by atoms with Crippen LogP contribution in [0.15, 0.2) is 41.9 Å². The average molecular weight is 536 g/mol. The molecule has 1 N–H and O–H groups in total. The van der Waals surface area contributed by atoms with E-state index in [4.69, 9.17) is 23.4 Å². The third kappa shape index (κ3) is 9.38. The van der Waals surface area contributed by atoms with Gasteiger partial charge in [0.15, 0.2) is 20.2 Å². The predicted octanol–water partition coefficient (Wildman–Crippen LogP) is 6.07. The van der Waals surface area contributed by atoms with Gasteiger partial charge in [0.2, 0.25) is 5.76 Å². The standard InChI is InChI=1S/C28H45NO7Si/c1-26(2,3)35-23-22(32-17-19-15-13-12-14-16-19)21(29-24(23)30)20(34-25(31)36-27(4,5)6)18-33-37(10,11)28(7,8)9/h12-16,20-21H,17-18H2,1-11H3,(H,29,30)/t20-,21+/m0/s1. The highest BCUT2D eigenvalue weighted by molar-refractivity contribution is 6.74. The molecule has 1 aliphatic rings. The number of benzene rings is 1. The van der Waals surface area contributed by atoms with Gasteiger partial charge in [0.25, 0.3) is 5.91 Å². The topological polar surface area (TPSA) is 92.3 Å². The number of rotatable bonds is 9. The smallest absolute Gasteiger partial charge is 0.487 e. The van der Waals surface area contributed by atoms with Crippen molar-refractivity contribution in [3.8, 4) is 0 Å². The molecule has 0 radical (unpaired) electrons. The molecule has 0 fully saturated rings. The lowest BCUT2D eigenvalue weighted by Crippen LogP contribution is -2.49. The fourth-order valence-electron chi connectivity index (χ4n) is 3.18. The Kier molecular flexibility index (Phi) is 9.52. The second-order valence-corrected chi connectivity index (χ2v) is 17.6. The Hall–Kier alpha value is -2.52. The molecule has 2 rings (SSSR count). The van der Waals surface area contributed by atoms with Crippen LogP contribution in [-0.4, -0.2) is 50.3 Å². The number of carbonyl (C=O) groups is 2. The Morgan fingerprint density at radius 2 is 1.57 bits per heavy atom. The van der Waals surface area contributed by atoms with Crippen molar-refractivity contribution in [2.45, 2.75) is 110 Å². The van der Waals surface area contributed by atoms with Gasteiger partial charge in [0.05, 0.1) is 6.61 Å². The Bertz CT molecular complexity index is 969. The lowest BCUT2D eigenvalue weighted by molar-refractivity contribution is -0.123. The largest absolute Gasteiger partial charge is 0.509 e. The van der Waals surface area contributed by atoms with Crippen molar-refractivity contribution >= 4 is 20.4 Å². The molecule has 1 aromatic rings. The fourth-order valence-corrected chi connectivity index (χ4v) is 4.20. The van der Waals surface area contributed by atoms with E-state index in [2.05, 4.69) is 39.2 Å². The van der Waals surface area contributed by atoms with Crippen molar-refractivity contribution in [3.63, 3.8) is 0 Å². The quantitative estimate of drug-likeness (QED) is 0.303. The van der Waals surface area contributed by atoms with E-state index in [1.165, 1.54) is 0 Å². The van der Waals surface area contributed by atoms with Gasteiger partial charge in [-0.1, -0.05) is 51.1 Å². The van der Waals surface area contributed by atoms with E-state index in [1.54, 1.807) is 20.8 Å². The molecular formula is C28H45NO7Si. The molecule has 0 aromatic heterocycles. The summed E-state index contributed by atoms with van der Waals surface area (Å²) >= 11 is 0. The Morgan fingerprint density at radius 1 is 0.973 bits per heavy atom. The van der Waals surface area contributed by atoms with Crippen molar-refractivity contribution in [1.29, 1.82) is 0 Å². The van der Waals surface area contributed by atoms with Gasteiger partial charge in [0.1, 0.15) is 23.9 Å². The zero-order valence-electron chi connectivity index (χ0n) is 24.3. The van der Waals surface area contributed by atoms with Gasteiger partial charge < -0.3 is 28.7 Å². The highest BCUT2D eigenvalue weighted by Gasteiger charge is 2.45. The van der Waals surface area contributed by atoms with Crippen LogP contribution < -0.4 is 5.32 Å². The molecule has 0 aliphatic carbocycles. The molecule has 0 bridgehead atoms. The first-order valence-electron chi connectivity index (χ1n) is 12.7. The normalized spacial score (nSPS) is 17.8. The average Bonchev–Trinajstić information content (AvgIpc) is 3.02. The maximum absolute atomic E-state index is 13.1. The molecule has 8 nitrogen and oxygen atoms in total. The van der Waals surface area contributed by atoms with Crippen molar-refractivity contribution < 1.29 is 33.0 Å². The maximum Gasteiger partial charge on any atom is 0.509 e. The summed E-state index contributed by atoms with van der Waals surface area (Å²) in [4.78, 5) is 25.8. The zero-order chi connectivity index (χ0) is 28.2. The van der Waals surface area contributed by atoms with Crippen molar-refractivity contribution in [2.24, 2.45) is 0 Å². The second kappa shape index (κ2) is 11.5. The van der Waals surface area contributed by atoms with Gasteiger partial charge in [-0.2, -0.15) is 0 Å². The SMILES string of the molecule is CC(C)(C)OC(=O)O[C@@H](CO[Si](C)(C)C(C)(C)C)[C@H]1NC(=O)C(OC(C)(C)C)=C1OCc1ccccc1. The van der Waals surface area contributed by atoms with Crippen LogP contribution >= 0.6 is 0 Å². The molecule has 208 valence electrons. The third-order valence-corrected chi connectivity index (χ3v) is 10.6. The summed E-state index contributed by atoms with van der Waals surface area (Å²) in [5, 5.41) is 2.83. The number of amides is 1. The van der Waals surface area contributed by atoms with E-state index in [1.807, 2.05) is 51.1 Å². The summed E-state index contributed by atoms with van der Waals surface area (Å²) < 4.78 is 29.8. The molecule has 1 aromatic carbocycles. The summed E-state index contributed by atoms with van der Waals surface area (Å²) in [5.41, 5.74) is -0.475. The Morgan fingerprint density at radius 3 is 2.08 bits per heavy atom. The van der Waals surface area contributed by atoms with Crippen LogP contribution in [0.2, 0.25) is 18.1 Å². The Balaban J connectivity index is 2.43. The first kappa shape index (κ1) is 30.7. The minimum Gasteiger partial charge on any atom is -0.487 e. The molecule has 37 heavy (non-hydrogen) atoms. The monoisotopic (exact) mass is 535 g/mol. The molecule has 0 unspecified atom stereocenters. The Labute approximate surface area is 223 Å². The second-order valence-electron chi connectivity index (χ2n) is 12.8. The van der Waals surface area contributed by atoms with Crippen LogP contribution in [0.4, 0.5) is 4.79 Å². The molecule has 0 spiro atoms. The lowest BCUT2D eigenvalue weighted by atomic mass is 10.1. The molecule has 2 atom stereocenters.